The van der Waals surface area contributed by atoms with Crippen LogP contribution in [-0.4, -0.2) is 6.54 Å². The zero-order valence-corrected chi connectivity index (χ0v) is 14.4. The van der Waals surface area contributed by atoms with Crippen LogP contribution in [0.15, 0.2) is 59.2 Å². The summed E-state index contributed by atoms with van der Waals surface area (Å²) in [6, 6.07) is 13.5. The fraction of sp³-hybridized carbons (Fsp3) is 0.200. The van der Waals surface area contributed by atoms with Gasteiger partial charge in [0.2, 0.25) is 0 Å². The monoisotopic (exact) mass is 351 g/mol. The Morgan fingerprint density at radius 2 is 1.73 bits per heavy atom. The minimum absolute atomic E-state index is 0.0446. The highest BCUT2D eigenvalue weighted by molar-refractivity contribution is 9.10. The summed E-state index contributed by atoms with van der Waals surface area (Å²) in [5.41, 5.74) is 8.27. The number of halogens is 1. The molecule has 0 atom stereocenters. The molecule has 0 fully saturated rings. The third kappa shape index (κ3) is 1.98. The lowest BCUT2D eigenvalue weighted by atomic mass is 9.81. The average molecular weight is 352 g/mol. The Hall–Kier alpha value is -1.80. The second-order valence-electron chi connectivity index (χ2n) is 6.51. The van der Waals surface area contributed by atoms with Crippen molar-refractivity contribution >= 4 is 21.5 Å². The van der Waals surface area contributed by atoms with Crippen molar-refractivity contribution in [3.8, 4) is 11.1 Å². The van der Waals surface area contributed by atoms with Gasteiger partial charge in [-0.05, 0) is 63.9 Å². The highest BCUT2D eigenvalue weighted by Crippen LogP contribution is 2.49. The Balaban J connectivity index is 1.89. The normalized spacial score (nSPS) is 17.5. The highest BCUT2D eigenvalue weighted by atomic mass is 79.9. The van der Waals surface area contributed by atoms with Crippen molar-refractivity contribution < 1.29 is 0 Å². The first-order chi connectivity index (χ1) is 10.6. The van der Waals surface area contributed by atoms with Crippen molar-refractivity contribution in [2.45, 2.75) is 19.3 Å². The molecule has 2 aliphatic rings. The molecule has 2 aromatic rings. The van der Waals surface area contributed by atoms with Gasteiger partial charge in [0, 0.05) is 16.4 Å². The molecule has 0 unspecified atom stereocenters. The van der Waals surface area contributed by atoms with E-state index >= 15 is 0 Å². The topological polar surface area (TPSA) is 12.0 Å². The molecular weight excluding hydrogens is 334 g/mol. The second kappa shape index (κ2) is 4.85. The first-order valence-corrected chi connectivity index (χ1v) is 8.41. The number of fused-ring (bicyclic) bond motifs is 3. The van der Waals surface area contributed by atoms with Gasteiger partial charge in [0.1, 0.15) is 0 Å². The van der Waals surface area contributed by atoms with Crippen LogP contribution in [0, 0.1) is 0 Å². The van der Waals surface area contributed by atoms with Gasteiger partial charge in [0.05, 0.1) is 0 Å². The number of allylic oxidation sites excluding steroid dienone is 2. The standard InChI is InChI=1S/C20H18BrN/c1-20(2)18-10-13(14-4-3-9-22-12-14)5-7-16(18)17-8-6-15(21)11-19(17)20/h3-11,22H,12H2,1-2H3. The van der Waals surface area contributed by atoms with Crippen LogP contribution in [0.1, 0.15) is 30.5 Å². The molecular formula is C20H18BrN. The molecule has 4 rings (SSSR count). The van der Waals surface area contributed by atoms with Gasteiger partial charge in [-0.25, -0.2) is 0 Å². The van der Waals surface area contributed by atoms with Crippen LogP contribution in [0.4, 0.5) is 0 Å². The zero-order valence-electron chi connectivity index (χ0n) is 12.8. The van der Waals surface area contributed by atoms with Crippen LogP contribution in [0.2, 0.25) is 0 Å². The van der Waals surface area contributed by atoms with E-state index < -0.39 is 0 Å². The first-order valence-electron chi connectivity index (χ1n) is 7.62. The van der Waals surface area contributed by atoms with Crippen LogP contribution in [-0.2, 0) is 5.41 Å². The fourth-order valence-corrected chi connectivity index (χ4v) is 3.93. The number of hydrogen-bond acceptors (Lipinski definition) is 1. The Morgan fingerprint density at radius 1 is 1.00 bits per heavy atom. The van der Waals surface area contributed by atoms with E-state index in [0.717, 1.165) is 11.0 Å². The van der Waals surface area contributed by atoms with Crippen LogP contribution >= 0.6 is 15.9 Å². The van der Waals surface area contributed by atoms with Crippen molar-refractivity contribution in [3.63, 3.8) is 0 Å². The third-order valence-corrected chi connectivity index (χ3v) is 5.31. The lowest BCUT2D eigenvalue weighted by molar-refractivity contribution is 0.659. The van der Waals surface area contributed by atoms with Gasteiger partial charge in [-0.1, -0.05) is 54.1 Å². The average Bonchev–Trinajstić information content (AvgIpc) is 2.76. The summed E-state index contributed by atoms with van der Waals surface area (Å²) in [4.78, 5) is 0. The van der Waals surface area contributed by atoms with Gasteiger partial charge in [-0.3, -0.25) is 0 Å². The molecule has 22 heavy (non-hydrogen) atoms. The van der Waals surface area contributed by atoms with Crippen molar-refractivity contribution in [2.24, 2.45) is 0 Å². The zero-order chi connectivity index (χ0) is 15.3. The minimum Gasteiger partial charge on any atom is -0.387 e. The second-order valence-corrected chi connectivity index (χ2v) is 7.42. The molecule has 1 N–H and O–H groups in total. The van der Waals surface area contributed by atoms with Gasteiger partial charge in [0.25, 0.3) is 0 Å². The molecule has 0 radical (unpaired) electrons. The maximum absolute atomic E-state index is 3.61. The van der Waals surface area contributed by atoms with Crippen molar-refractivity contribution in [1.29, 1.82) is 0 Å². The molecule has 0 aromatic heterocycles. The van der Waals surface area contributed by atoms with Crippen LogP contribution in [0.25, 0.3) is 16.7 Å². The molecule has 1 aliphatic carbocycles. The van der Waals surface area contributed by atoms with Crippen molar-refractivity contribution in [1.82, 2.24) is 5.32 Å². The maximum atomic E-state index is 3.61. The first kappa shape index (κ1) is 13.8. The molecule has 0 saturated carbocycles. The van der Waals surface area contributed by atoms with E-state index in [-0.39, 0.29) is 5.41 Å². The van der Waals surface area contributed by atoms with E-state index in [1.807, 2.05) is 6.20 Å². The van der Waals surface area contributed by atoms with Crippen LogP contribution < -0.4 is 5.32 Å². The minimum atomic E-state index is 0.0446. The summed E-state index contributed by atoms with van der Waals surface area (Å²) in [6.45, 7) is 5.54. The maximum Gasteiger partial charge on any atom is 0.0401 e. The quantitative estimate of drug-likeness (QED) is 0.739. The van der Waals surface area contributed by atoms with Gasteiger partial charge in [0.15, 0.2) is 0 Å². The van der Waals surface area contributed by atoms with E-state index in [0.29, 0.717) is 0 Å². The summed E-state index contributed by atoms with van der Waals surface area (Å²) >= 11 is 3.61. The Morgan fingerprint density at radius 3 is 2.45 bits per heavy atom. The molecule has 1 aliphatic heterocycles. The molecule has 1 heterocycles. The molecule has 0 bridgehead atoms. The van der Waals surface area contributed by atoms with E-state index in [1.54, 1.807) is 0 Å². The van der Waals surface area contributed by atoms with Gasteiger partial charge in [-0.2, -0.15) is 0 Å². The summed E-state index contributed by atoms with van der Waals surface area (Å²) < 4.78 is 1.15. The van der Waals surface area contributed by atoms with E-state index in [4.69, 9.17) is 0 Å². The Labute approximate surface area is 139 Å². The lowest BCUT2D eigenvalue weighted by Crippen LogP contribution is -2.16. The lowest BCUT2D eigenvalue weighted by Gasteiger charge is -2.22. The van der Waals surface area contributed by atoms with E-state index in [2.05, 4.69) is 83.6 Å². The number of dihydropyridines is 1. The number of rotatable bonds is 1. The molecule has 110 valence electrons. The number of benzene rings is 2. The summed E-state index contributed by atoms with van der Waals surface area (Å²) in [5, 5.41) is 3.29. The number of nitrogens with one attached hydrogen (secondary N) is 1. The van der Waals surface area contributed by atoms with Crippen molar-refractivity contribution in [3.05, 3.63) is 75.9 Å². The molecule has 0 amide bonds. The van der Waals surface area contributed by atoms with Gasteiger partial charge in [-0.15, -0.1) is 0 Å². The summed E-state index contributed by atoms with van der Waals surface area (Å²) in [5.74, 6) is 0. The third-order valence-electron chi connectivity index (χ3n) is 4.81. The summed E-state index contributed by atoms with van der Waals surface area (Å²) in [6.07, 6.45) is 6.27. The smallest absolute Gasteiger partial charge is 0.0401 e. The Kier molecular flexibility index (Phi) is 3.05. The Bertz CT molecular complexity index is 828. The largest absolute Gasteiger partial charge is 0.387 e. The molecule has 2 heteroatoms. The summed E-state index contributed by atoms with van der Waals surface area (Å²) in [7, 11) is 0. The van der Waals surface area contributed by atoms with Crippen LogP contribution in [0.5, 0.6) is 0 Å². The molecule has 0 saturated heterocycles. The highest BCUT2D eigenvalue weighted by Gasteiger charge is 2.35. The van der Waals surface area contributed by atoms with Gasteiger partial charge >= 0.3 is 0 Å². The van der Waals surface area contributed by atoms with Crippen molar-refractivity contribution in [2.75, 3.05) is 6.54 Å². The fourth-order valence-electron chi connectivity index (χ4n) is 3.57. The van der Waals surface area contributed by atoms with Crippen LogP contribution in [0.3, 0.4) is 0 Å². The number of hydrogen-bond donors (Lipinski definition) is 1. The SMILES string of the molecule is CC1(C)c2cc(Br)ccc2-c2ccc(C3=CC=CNC3)cc21. The molecule has 2 aromatic carbocycles. The van der Waals surface area contributed by atoms with E-state index in [9.17, 15) is 0 Å². The van der Waals surface area contributed by atoms with Gasteiger partial charge < -0.3 is 5.32 Å². The van der Waals surface area contributed by atoms with E-state index in [1.165, 1.54) is 33.4 Å². The molecule has 0 spiro atoms. The predicted octanol–water partition coefficient (Wildman–Crippen LogP) is 5.26. The molecule has 1 nitrogen and oxygen atoms in total. The predicted molar refractivity (Wildman–Crippen MR) is 96.8 cm³/mol.